The number of hydrogen-bond donors (Lipinski definition) is 3. The van der Waals surface area contributed by atoms with E-state index in [2.05, 4.69) is 80.7 Å². The van der Waals surface area contributed by atoms with Crippen LogP contribution in [0.25, 0.3) is 44.4 Å². The van der Waals surface area contributed by atoms with Crippen LogP contribution in [0.1, 0.15) is 67.2 Å². The van der Waals surface area contributed by atoms with Crippen LogP contribution >= 0.6 is 0 Å². The van der Waals surface area contributed by atoms with Crippen molar-refractivity contribution in [3.8, 4) is 39.4 Å². The molecule has 2 atom stereocenters. The van der Waals surface area contributed by atoms with E-state index in [1.807, 2.05) is 73.8 Å². The summed E-state index contributed by atoms with van der Waals surface area (Å²) >= 11 is 0. The number of carbonyl (C=O) groups excluding carboxylic acids is 3. The Balaban J connectivity index is 0.971. The zero-order valence-electron chi connectivity index (χ0n) is 35.9. The molecule has 13 heteroatoms. The van der Waals surface area contributed by atoms with Gasteiger partial charge < -0.3 is 39.3 Å². The normalized spacial score (nSPS) is 12.7. The number of methoxy groups -OCH3 is 2. The number of rotatable bonds is 16. The summed E-state index contributed by atoms with van der Waals surface area (Å²) in [6, 6.07) is 34.6. The van der Waals surface area contributed by atoms with Crippen LogP contribution in [0, 0.1) is 0 Å². The minimum absolute atomic E-state index is 0.0997. The molecule has 322 valence electrons. The Kier molecular flexibility index (Phi) is 12.9. The van der Waals surface area contributed by atoms with Crippen LogP contribution in [0.15, 0.2) is 122 Å². The standard InChI is InChI=1S/C50H51N7O6/c1-5-23-56(48(58)45(55-50(60)62-4)32-13-9-7-10-14-32)29-43-51-28-42(54-43)36-18-20-38-37(26-36)31-63-47-39-21-19-35(25-34(39)17-22-40(38)47)41-27-52-44(53-41)30-57(24-6-2)49(59)46(61-3)33-15-11-8-12-16-33/h7-22,25-28,45-46H,5-6,23-24,29-31H2,1-4H3,(H,51,54)(H,52,53)(H,55,60). The number of nitrogens with zero attached hydrogens (tertiary/aromatic N) is 4. The van der Waals surface area contributed by atoms with Crippen molar-refractivity contribution in [2.24, 2.45) is 0 Å². The third-order valence-corrected chi connectivity index (χ3v) is 11.3. The van der Waals surface area contributed by atoms with Crippen LogP contribution in [-0.2, 0) is 38.8 Å². The number of amides is 3. The molecule has 7 aromatic rings. The van der Waals surface area contributed by atoms with Gasteiger partial charge in [-0.2, -0.15) is 0 Å². The molecule has 5 aromatic carbocycles. The Hall–Kier alpha value is -7.25. The number of alkyl carbamates (subject to hydrolysis) is 1. The number of hydrogen-bond acceptors (Lipinski definition) is 8. The summed E-state index contributed by atoms with van der Waals surface area (Å²) < 4.78 is 17.0. The summed E-state index contributed by atoms with van der Waals surface area (Å²) in [6.45, 7) is 6.08. The Morgan fingerprint density at radius 3 is 1.92 bits per heavy atom. The lowest BCUT2D eigenvalue weighted by Crippen LogP contribution is -2.43. The highest BCUT2D eigenvalue weighted by Crippen LogP contribution is 2.44. The van der Waals surface area contributed by atoms with Crippen LogP contribution in [0.5, 0.6) is 5.75 Å². The second-order valence-electron chi connectivity index (χ2n) is 15.6. The number of carbonyl (C=O) groups is 3. The molecule has 0 fully saturated rings. The SMILES string of the molecule is CCCN(Cc1ncc(-c2ccc3c(c2)COc2c-3ccc3cc(-c4cnc(CN(CCC)C(=O)C(OC)c5ccccc5)[nH]4)ccc23)[nH]1)C(=O)C(NC(=O)OC)c1ccccc1. The van der Waals surface area contributed by atoms with Crippen molar-refractivity contribution in [2.75, 3.05) is 27.3 Å². The molecule has 0 aliphatic carbocycles. The van der Waals surface area contributed by atoms with Crippen molar-refractivity contribution < 1.29 is 28.6 Å². The van der Waals surface area contributed by atoms with E-state index in [4.69, 9.17) is 14.2 Å². The van der Waals surface area contributed by atoms with E-state index in [1.165, 1.54) is 7.11 Å². The molecule has 2 unspecified atom stereocenters. The summed E-state index contributed by atoms with van der Waals surface area (Å²) in [5, 5.41) is 4.75. The van der Waals surface area contributed by atoms with E-state index in [0.717, 1.165) is 74.1 Å². The van der Waals surface area contributed by atoms with E-state index in [1.54, 1.807) is 23.1 Å². The number of ether oxygens (including phenoxy) is 3. The lowest BCUT2D eigenvalue weighted by atomic mass is 9.92. The van der Waals surface area contributed by atoms with E-state index >= 15 is 0 Å². The van der Waals surface area contributed by atoms with Crippen LogP contribution < -0.4 is 10.1 Å². The molecule has 0 saturated carbocycles. The molecule has 0 spiro atoms. The summed E-state index contributed by atoms with van der Waals surface area (Å²) in [5.41, 5.74) is 8.25. The monoisotopic (exact) mass is 845 g/mol. The van der Waals surface area contributed by atoms with Crippen LogP contribution in [0.4, 0.5) is 4.79 Å². The molecule has 2 aromatic heterocycles. The van der Waals surface area contributed by atoms with Crippen molar-refractivity contribution >= 4 is 28.7 Å². The van der Waals surface area contributed by atoms with Gasteiger partial charge >= 0.3 is 6.09 Å². The molecule has 3 heterocycles. The molecule has 1 aliphatic rings. The minimum atomic E-state index is -0.908. The molecule has 3 N–H and O–H groups in total. The van der Waals surface area contributed by atoms with Crippen molar-refractivity contribution in [3.63, 3.8) is 0 Å². The summed E-state index contributed by atoms with van der Waals surface area (Å²) in [4.78, 5) is 59.5. The van der Waals surface area contributed by atoms with Crippen molar-refractivity contribution in [3.05, 3.63) is 150 Å². The van der Waals surface area contributed by atoms with E-state index in [0.29, 0.717) is 43.5 Å². The van der Waals surface area contributed by atoms with Gasteiger partial charge in [0.1, 0.15) is 30.0 Å². The quantitative estimate of drug-likeness (QED) is 0.0871. The predicted molar refractivity (Wildman–Crippen MR) is 241 cm³/mol. The smallest absolute Gasteiger partial charge is 0.407 e. The number of H-pyrrole nitrogens is 2. The zero-order valence-corrected chi connectivity index (χ0v) is 35.9. The Morgan fingerprint density at radius 1 is 0.714 bits per heavy atom. The molecular formula is C50H51N7O6. The first-order valence-corrected chi connectivity index (χ1v) is 21.2. The zero-order chi connectivity index (χ0) is 43.9. The Morgan fingerprint density at radius 2 is 1.30 bits per heavy atom. The first-order chi connectivity index (χ1) is 30.8. The average Bonchev–Trinajstić information content (AvgIpc) is 4.00. The van der Waals surface area contributed by atoms with Crippen molar-refractivity contribution in [1.82, 2.24) is 35.1 Å². The molecule has 13 nitrogen and oxygen atoms in total. The maximum atomic E-state index is 13.9. The molecule has 3 amide bonds. The number of fused-ring (bicyclic) bond motifs is 5. The third-order valence-electron chi connectivity index (χ3n) is 11.3. The van der Waals surface area contributed by atoms with Gasteiger partial charge in [0.15, 0.2) is 6.10 Å². The van der Waals surface area contributed by atoms with Crippen LogP contribution in [0.2, 0.25) is 0 Å². The molecule has 0 bridgehead atoms. The molecule has 0 radical (unpaired) electrons. The fourth-order valence-electron chi connectivity index (χ4n) is 8.21. The first kappa shape index (κ1) is 42.4. The maximum absolute atomic E-state index is 13.9. The Bertz CT molecular complexity index is 2710. The predicted octanol–water partition coefficient (Wildman–Crippen LogP) is 9.14. The van der Waals surface area contributed by atoms with Gasteiger partial charge in [-0.15, -0.1) is 0 Å². The molecular weight excluding hydrogens is 795 g/mol. The van der Waals surface area contributed by atoms with Crippen LogP contribution in [-0.4, -0.2) is 75.0 Å². The highest BCUT2D eigenvalue weighted by Gasteiger charge is 2.29. The van der Waals surface area contributed by atoms with E-state index < -0.39 is 18.2 Å². The number of nitrogens with one attached hydrogen (secondary N) is 3. The van der Waals surface area contributed by atoms with Gasteiger partial charge in [-0.3, -0.25) is 9.59 Å². The fraction of sp³-hybridized carbons (Fsp3) is 0.260. The largest absolute Gasteiger partial charge is 0.488 e. The first-order valence-electron chi connectivity index (χ1n) is 21.2. The molecule has 0 saturated heterocycles. The lowest BCUT2D eigenvalue weighted by molar-refractivity contribution is -0.143. The van der Waals surface area contributed by atoms with Crippen molar-refractivity contribution in [2.45, 2.75) is 58.5 Å². The summed E-state index contributed by atoms with van der Waals surface area (Å²) in [5.74, 6) is 1.80. The molecule has 1 aliphatic heterocycles. The van der Waals surface area contributed by atoms with Crippen LogP contribution in [0.3, 0.4) is 0 Å². The summed E-state index contributed by atoms with van der Waals surface area (Å²) in [6.07, 6.45) is 3.75. The highest BCUT2D eigenvalue weighted by atomic mass is 16.5. The Labute approximate surface area is 366 Å². The third kappa shape index (κ3) is 9.19. The number of aromatic nitrogens is 4. The maximum Gasteiger partial charge on any atom is 0.407 e. The second-order valence-corrected chi connectivity index (χ2v) is 15.6. The lowest BCUT2D eigenvalue weighted by Gasteiger charge is -2.27. The van der Waals surface area contributed by atoms with E-state index in [9.17, 15) is 14.4 Å². The summed E-state index contributed by atoms with van der Waals surface area (Å²) in [7, 11) is 2.84. The van der Waals surface area contributed by atoms with Gasteiger partial charge in [-0.25, -0.2) is 14.8 Å². The number of imidazole rings is 2. The van der Waals surface area contributed by atoms with E-state index in [-0.39, 0.29) is 18.4 Å². The van der Waals surface area contributed by atoms with Gasteiger partial charge in [0, 0.05) is 36.7 Å². The van der Waals surface area contributed by atoms with Gasteiger partial charge in [0.25, 0.3) is 5.91 Å². The van der Waals surface area contributed by atoms with Gasteiger partial charge in [-0.1, -0.05) is 105 Å². The second kappa shape index (κ2) is 19.2. The highest BCUT2D eigenvalue weighted by molar-refractivity contribution is 5.98. The van der Waals surface area contributed by atoms with Gasteiger partial charge in [0.2, 0.25) is 5.91 Å². The number of aromatic amines is 2. The fourth-order valence-corrected chi connectivity index (χ4v) is 8.21. The van der Waals surface area contributed by atoms with Crippen molar-refractivity contribution in [1.29, 1.82) is 0 Å². The molecule has 8 rings (SSSR count). The van der Waals surface area contributed by atoms with Gasteiger partial charge in [-0.05, 0) is 64.2 Å². The average molecular weight is 846 g/mol. The topological polar surface area (TPSA) is 155 Å². The van der Waals surface area contributed by atoms with Gasteiger partial charge in [0.05, 0.1) is 44.0 Å². The minimum Gasteiger partial charge on any atom is -0.488 e. The number of benzene rings is 5. The molecule has 63 heavy (non-hydrogen) atoms.